The van der Waals surface area contributed by atoms with Gasteiger partial charge in [0.15, 0.2) is 5.78 Å². The van der Waals surface area contributed by atoms with Gasteiger partial charge < -0.3 is 9.47 Å². The molecule has 0 aliphatic rings. The van der Waals surface area contributed by atoms with E-state index in [0.717, 1.165) is 15.6 Å². The molecule has 4 heteroatoms. The highest BCUT2D eigenvalue weighted by atomic mass is 79.9. The lowest BCUT2D eigenvalue weighted by molar-refractivity contribution is 0.0989. The smallest absolute Gasteiger partial charge is 0.171 e. The van der Waals surface area contributed by atoms with Crippen LogP contribution in [0.1, 0.15) is 21.5 Å². The molecule has 0 aromatic heterocycles. The normalized spacial score (nSPS) is 10.3. The van der Waals surface area contributed by atoms with Gasteiger partial charge in [0.2, 0.25) is 0 Å². The summed E-state index contributed by atoms with van der Waals surface area (Å²) in [6, 6.07) is 11.4. The lowest BCUT2D eigenvalue weighted by Gasteiger charge is -2.11. The van der Waals surface area contributed by atoms with E-state index in [0.29, 0.717) is 23.5 Å². The minimum absolute atomic E-state index is 0.00301. The molecular weight excluding hydrogens is 332 g/mol. The molecular formula is C17H17BrO3. The molecule has 0 unspecified atom stereocenters. The van der Waals surface area contributed by atoms with Gasteiger partial charge in [-0.05, 0) is 40.5 Å². The van der Waals surface area contributed by atoms with Gasteiger partial charge in [-0.15, -0.1) is 0 Å². The van der Waals surface area contributed by atoms with Crippen molar-refractivity contribution >= 4 is 21.7 Å². The predicted molar refractivity (Wildman–Crippen MR) is 86.5 cm³/mol. The third kappa shape index (κ3) is 3.64. The van der Waals surface area contributed by atoms with Crippen LogP contribution in [0.4, 0.5) is 0 Å². The van der Waals surface area contributed by atoms with Crippen molar-refractivity contribution in [3.8, 4) is 11.5 Å². The first-order chi connectivity index (χ1) is 10.0. The van der Waals surface area contributed by atoms with Crippen LogP contribution < -0.4 is 9.47 Å². The van der Waals surface area contributed by atoms with Gasteiger partial charge >= 0.3 is 0 Å². The largest absolute Gasteiger partial charge is 0.496 e. The summed E-state index contributed by atoms with van der Waals surface area (Å²) >= 11 is 3.39. The Morgan fingerprint density at radius 1 is 1.10 bits per heavy atom. The maximum Gasteiger partial charge on any atom is 0.171 e. The molecule has 0 amide bonds. The number of halogens is 1. The Hall–Kier alpha value is -1.81. The summed E-state index contributed by atoms with van der Waals surface area (Å²) in [7, 11) is 3.12. The Morgan fingerprint density at radius 2 is 1.81 bits per heavy atom. The van der Waals surface area contributed by atoms with Crippen molar-refractivity contribution in [2.75, 3.05) is 14.2 Å². The molecule has 2 aromatic rings. The number of ether oxygens (including phenoxy) is 2. The zero-order chi connectivity index (χ0) is 15.4. The van der Waals surface area contributed by atoms with Gasteiger partial charge in [0.25, 0.3) is 0 Å². The van der Waals surface area contributed by atoms with E-state index < -0.39 is 0 Å². The number of hydrogen-bond donors (Lipinski definition) is 0. The van der Waals surface area contributed by atoms with Gasteiger partial charge in [-0.1, -0.05) is 29.8 Å². The Morgan fingerprint density at radius 3 is 2.43 bits per heavy atom. The zero-order valence-electron chi connectivity index (χ0n) is 12.3. The van der Waals surface area contributed by atoms with Gasteiger partial charge in [0.1, 0.15) is 11.5 Å². The van der Waals surface area contributed by atoms with Crippen molar-refractivity contribution in [3.05, 3.63) is 57.6 Å². The second kappa shape index (κ2) is 6.76. The number of hydrogen-bond acceptors (Lipinski definition) is 3. The summed E-state index contributed by atoms with van der Waals surface area (Å²) in [6.45, 7) is 2.01. The number of Topliss-reactive ketones (excluding diaryl/α,β-unsaturated/α-hetero) is 1. The lowest BCUT2D eigenvalue weighted by atomic mass is 10.0. The molecule has 0 saturated heterocycles. The van der Waals surface area contributed by atoms with E-state index in [4.69, 9.17) is 9.47 Å². The molecule has 0 aliphatic carbocycles. The molecule has 0 atom stereocenters. The van der Waals surface area contributed by atoms with Crippen LogP contribution in [0.2, 0.25) is 0 Å². The first-order valence-corrected chi connectivity index (χ1v) is 7.34. The summed E-state index contributed by atoms with van der Waals surface area (Å²) in [5.41, 5.74) is 2.66. The number of rotatable bonds is 5. The second-order valence-corrected chi connectivity index (χ2v) is 5.63. The topological polar surface area (TPSA) is 35.5 Å². The van der Waals surface area contributed by atoms with Gasteiger partial charge in [-0.2, -0.15) is 0 Å². The van der Waals surface area contributed by atoms with Gasteiger partial charge in [-0.3, -0.25) is 4.79 Å². The van der Waals surface area contributed by atoms with Crippen molar-refractivity contribution in [3.63, 3.8) is 0 Å². The molecule has 0 spiro atoms. The average Bonchev–Trinajstić information content (AvgIpc) is 2.46. The van der Waals surface area contributed by atoms with Crippen LogP contribution in [0.15, 0.2) is 40.9 Å². The van der Waals surface area contributed by atoms with Crippen LogP contribution in [0.3, 0.4) is 0 Å². The van der Waals surface area contributed by atoms with E-state index >= 15 is 0 Å². The van der Waals surface area contributed by atoms with Crippen molar-refractivity contribution in [1.82, 2.24) is 0 Å². The Balaban J connectivity index is 2.34. The van der Waals surface area contributed by atoms with E-state index in [2.05, 4.69) is 15.9 Å². The zero-order valence-corrected chi connectivity index (χ0v) is 13.9. The quantitative estimate of drug-likeness (QED) is 0.759. The lowest BCUT2D eigenvalue weighted by Crippen LogP contribution is -2.06. The van der Waals surface area contributed by atoms with Crippen LogP contribution in [0.5, 0.6) is 11.5 Å². The molecule has 21 heavy (non-hydrogen) atoms. The average molecular weight is 349 g/mol. The van der Waals surface area contributed by atoms with Crippen LogP contribution in [-0.2, 0) is 6.42 Å². The molecule has 110 valence electrons. The molecule has 0 heterocycles. The van der Waals surface area contributed by atoms with E-state index in [-0.39, 0.29) is 5.78 Å². The summed E-state index contributed by atoms with van der Waals surface area (Å²) in [6.07, 6.45) is 0.336. The molecule has 0 aliphatic heterocycles. The van der Waals surface area contributed by atoms with E-state index in [1.54, 1.807) is 26.4 Å². The first-order valence-electron chi connectivity index (χ1n) is 6.55. The van der Waals surface area contributed by atoms with Gasteiger partial charge in [0.05, 0.1) is 24.3 Å². The van der Waals surface area contributed by atoms with Crippen molar-refractivity contribution < 1.29 is 14.3 Å². The Kier molecular flexibility index (Phi) is 5.02. The highest BCUT2D eigenvalue weighted by molar-refractivity contribution is 9.10. The third-order valence-electron chi connectivity index (χ3n) is 3.22. The third-order valence-corrected chi connectivity index (χ3v) is 3.84. The van der Waals surface area contributed by atoms with E-state index in [1.165, 1.54) is 0 Å². The standard InChI is InChI=1S/C17H17BrO3/c1-11-5-4-6-12(7-11)8-15(19)13-9-17(21-3)14(18)10-16(13)20-2/h4-7,9-10H,8H2,1-3H3. The molecule has 2 rings (SSSR count). The van der Waals surface area contributed by atoms with E-state index in [1.807, 2.05) is 31.2 Å². The van der Waals surface area contributed by atoms with Crippen LogP contribution in [0, 0.1) is 6.92 Å². The second-order valence-electron chi connectivity index (χ2n) is 4.78. The van der Waals surface area contributed by atoms with Gasteiger partial charge in [0, 0.05) is 6.42 Å². The molecule has 0 saturated carbocycles. The monoisotopic (exact) mass is 348 g/mol. The molecule has 0 radical (unpaired) electrons. The molecule has 0 bridgehead atoms. The fourth-order valence-corrected chi connectivity index (χ4v) is 2.67. The maximum atomic E-state index is 12.5. The minimum atomic E-state index is 0.00301. The maximum absolute atomic E-state index is 12.5. The number of carbonyl (C=O) groups excluding carboxylic acids is 1. The number of methoxy groups -OCH3 is 2. The highest BCUT2D eigenvalue weighted by Gasteiger charge is 2.16. The number of ketones is 1. The summed E-state index contributed by atoms with van der Waals surface area (Å²) in [4.78, 5) is 12.5. The minimum Gasteiger partial charge on any atom is -0.496 e. The first kappa shape index (κ1) is 15.6. The number of carbonyl (C=O) groups is 1. The Bertz CT molecular complexity index is 665. The van der Waals surface area contributed by atoms with Crippen LogP contribution in [0.25, 0.3) is 0 Å². The summed E-state index contributed by atoms with van der Waals surface area (Å²) < 4.78 is 11.3. The predicted octanol–water partition coefficient (Wildman–Crippen LogP) is 4.20. The summed E-state index contributed by atoms with van der Waals surface area (Å²) in [5, 5.41) is 0. The molecule has 0 fully saturated rings. The van der Waals surface area contributed by atoms with Gasteiger partial charge in [-0.25, -0.2) is 0 Å². The van der Waals surface area contributed by atoms with E-state index in [9.17, 15) is 4.79 Å². The Labute approximate surface area is 133 Å². The SMILES string of the molecule is COc1cc(C(=O)Cc2cccc(C)c2)c(OC)cc1Br. The fourth-order valence-electron chi connectivity index (χ4n) is 2.18. The number of benzene rings is 2. The van der Waals surface area contributed by atoms with Crippen molar-refractivity contribution in [2.24, 2.45) is 0 Å². The fraction of sp³-hybridized carbons (Fsp3) is 0.235. The number of aryl methyl sites for hydroxylation is 1. The molecule has 3 nitrogen and oxygen atoms in total. The molecule has 2 aromatic carbocycles. The highest BCUT2D eigenvalue weighted by Crippen LogP contribution is 2.33. The van der Waals surface area contributed by atoms with Crippen LogP contribution >= 0.6 is 15.9 Å². The van der Waals surface area contributed by atoms with Crippen molar-refractivity contribution in [2.45, 2.75) is 13.3 Å². The summed E-state index contributed by atoms with van der Waals surface area (Å²) in [5.74, 6) is 1.16. The van der Waals surface area contributed by atoms with Crippen LogP contribution in [-0.4, -0.2) is 20.0 Å². The molecule has 0 N–H and O–H groups in total. The van der Waals surface area contributed by atoms with Crippen molar-refractivity contribution in [1.29, 1.82) is 0 Å².